The standard InChI is InChI=1S/C17H25F3N4O.HI/c1-21-16(22-11-15-3-2-8-25-15)23-13-9-14(10-13)24-6-4-12(5-7-24)17(18,19)20;/h2-3,8,12-14H,4-7,9-11H2,1H3,(H2,21,22,23);1H. The Morgan fingerprint density at radius 2 is 2.00 bits per heavy atom. The van der Waals surface area contributed by atoms with Crippen LogP contribution in [-0.4, -0.2) is 49.3 Å². The fraction of sp³-hybridized carbons (Fsp3) is 0.706. The highest BCUT2D eigenvalue weighted by atomic mass is 127. The molecule has 0 spiro atoms. The van der Waals surface area contributed by atoms with E-state index in [0.717, 1.165) is 24.6 Å². The molecule has 1 aliphatic carbocycles. The second kappa shape index (κ2) is 9.29. The third-order valence-electron chi connectivity index (χ3n) is 5.20. The van der Waals surface area contributed by atoms with Gasteiger partial charge in [0, 0.05) is 19.1 Å². The molecule has 5 nitrogen and oxygen atoms in total. The van der Waals surface area contributed by atoms with E-state index in [0.29, 0.717) is 31.7 Å². The lowest BCUT2D eigenvalue weighted by Crippen LogP contribution is -2.57. The van der Waals surface area contributed by atoms with Crippen molar-refractivity contribution in [2.24, 2.45) is 10.9 Å². The first kappa shape index (κ1) is 21.3. The molecule has 0 aromatic carbocycles. The number of likely N-dealkylation sites (tertiary alicyclic amines) is 1. The predicted molar refractivity (Wildman–Crippen MR) is 105 cm³/mol. The van der Waals surface area contributed by atoms with Crippen LogP contribution >= 0.6 is 24.0 Å². The van der Waals surface area contributed by atoms with E-state index in [1.807, 2.05) is 12.1 Å². The maximum absolute atomic E-state index is 12.7. The van der Waals surface area contributed by atoms with Gasteiger partial charge in [0.1, 0.15) is 5.76 Å². The summed E-state index contributed by atoms with van der Waals surface area (Å²) in [5, 5.41) is 6.55. The van der Waals surface area contributed by atoms with E-state index in [4.69, 9.17) is 4.42 Å². The number of furan rings is 1. The van der Waals surface area contributed by atoms with Crippen LogP contribution in [0.4, 0.5) is 13.2 Å². The van der Waals surface area contributed by atoms with E-state index >= 15 is 0 Å². The van der Waals surface area contributed by atoms with Crippen molar-refractivity contribution in [2.45, 2.75) is 50.5 Å². The van der Waals surface area contributed by atoms with E-state index < -0.39 is 12.1 Å². The summed E-state index contributed by atoms with van der Waals surface area (Å²) < 4.78 is 43.5. The van der Waals surface area contributed by atoms with Gasteiger partial charge >= 0.3 is 6.18 Å². The molecule has 1 aromatic heterocycles. The zero-order valence-electron chi connectivity index (χ0n) is 14.8. The zero-order valence-corrected chi connectivity index (χ0v) is 17.1. The second-order valence-electron chi connectivity index (χ2n) is 6.82. The number of hydrogen-bond donors (Lipinski definition) is 2. The van der Waals surface area contributed by atoms with Crippen molar-refractivity contribution in [3.8, 4) is 0 Å². The quantitative estimate of drug-likeness (QED) is 0.390. The van der Waals surface area contributed by atoms with Gasteiger partial charge in [-0.15, -0.1) is 24.0 Å². The van der Waals surface area contributed by atoms with Gasteiger partial charge in [0.15, 0.2) is 5.96 Å². The first-order valence-corrected chi connectivity index (χ1v) is 8.76. The fourth-order valence-corrected chi connectivity index (χ4v) is 3.57. The molecule has 0 bridgehead atoms. The van der Waals surface area contributed by atoms with Gasteiger partial charge in [-0.1, -0.05) is 0 Å². The molecule has 0 unspecified atom stereocenters. The average molecular weight is 486 g/mol. The Hall–Kier alpha value is -0.970. The maximum Gasteiger partial charge on any atom is 0.391 e. The van der Waals surface area contributed by atoms with Crippen LogP contribution in [0.2, 0.25) is 0 Å². The fourth-order valence-electron chi connectivity index (χ4n) is 3.57. The van der Waals surface area contributed by atoms with Gasteiger partial charge in [-0.25, -0.2) is 0 Å². The number of piperidine rings is 1. The van der Waals surface area contributed by atoms with Crippen LogP contribution in [0.25, 0.3) is 0 Å². The number of nitrogens with one attached hydrogen (secondary N) is 2. The highest BCUT2D eigenvalue weighted by Crippen LogP contribution is 2.36. The SMILES string of the molecule is CN=C(NCc1ccco1)NC1CC(N2CCC(C(F)(F)F)CC2)C1.I. The molecule has 2 fully saturated rings. The Bertz CT molecular complexity index is 565. The highest BCUT2D eigenvalue weighted by molar-refractivity contribution is 14.0. The lowest BCUT2D eigenvalue weighted by atomic mass is 9.83. The molecule has 148 valence electrons. The van der Waals surface area contributed by atoms with Crippen molar-refractivity contribution in [3.63, 3.8) is 0 Å². The molecule has 9 heteroatoms. The number of aliphatic imine (C=N–C) groups is 1. The molecular formula is C17H26F3IN4O. The van der Waals surface area contributed by atoms with Crippen LogP contribution in [0.5, 0.6) is 0 Å². The minimum absolute atomic E-state index is 0. The summed E-state index contributed by atoms with van der Waals surface area (Å²) in [6, 6.07) is 4.43. The summed E-state index contributed by atoms with van der Waals surface area (Å²) in [6.07, 6.45) is -0.0706. The summed E-state index contributed by atoms with van der Waals surface area (Å²) in [4.78, 5) is 6.41. The minimum Gasteiger partial charge on any atom is -0.467 e. The Morgan fingerprint density at radius 3 is 2.54 bits per heavy atom. The van der Waals surface area contributed by atoms with Crippen LogP contribution in [-0.2, 0) is 6.54 Å². The second-order valence-corrected chi connectivity index (χ2v) is 6.82. The minimum atomic E-state index is -4.04. The maximum atomic E-state index is 12.7. The molecule has 0 radical (unpaired) electrons. The van der Waals surface area contributed by atoms with E-state index in [2.05, 4.69) is 20.5 Å². The Kier molecular flexibility index (Phi) is 7.63. The van der Waals surface area contributed by atoms with Crippen LogP contribution in [0, 0.1) is 5.92 Å². The number of rotatable bonds is 4. The third-order valence-corrected chi connectivity index (χ3v) is 5.20. The van der Waals surface area contributed by atoms with Crippen LogP contribution in [0.15, 0.2) is 27.8 Å². The van der Waals surface area contributed by atoms with Gasteiger partial charge in [-0.05, 0) is 50.9 Å². The summed E-state index contributed by atoms with van der Waals surface area (Å²) in [5.74, 6) is 0.431. The number of guanidine groups is 1. The van der Waals surface area contributed by atoms with E-state index in [1.54, 1.807) is 13.3 Å². The van der Waals surface area contributed by atoms with E-state index in [1.165, 1.54) is 0 Å². The highest BCUT2D eigenvalue weighted by Gasteiger charge is 2.43. The van der Waals surface area contributed by atoms with Gasteiger partial charge in [-0.2, -0.15) is 13.2 Å². The molecule has 26 heavy (non-hydrogen) atoms. The summed E-state index contributed by atoms with van der Waals surface area (Å²) in [5.41, 5.74) is 0. The Morgan fingerprint density at radius 1 is 1.31 bits per heavy atom. The first-order valence-electron chi connectivity index (χ1n) is 8.76. The van der Waals surface area contributed by atoms with Gasteiger partial charge in [0.05, 0.1) is 18.7 Å². The molecule has 0 amide bonds. The van der Waals surface area contributed by atoms with Crippen LogP contribution in [0.1, 0.15) is 31.4 Å². The van der Waals surface area contributed by atoms with E-state index in [-0.39, 0.29) is 36.8 Å². The van der Waals surface area contributed by atoms with E-state index in [9.17, 15) is 13.2 Å². The smallest absolute Gasteiger partial charge is 0.391 e. The largest absolute Gasteiger partial charge is 0.467 e. The number of halogens is 4. The van der Waals surface area contributed by atoms with Crippen molar-refractivity contribution in [2.75, 3.05) is 20.1 Å². The lowest BCUT2D eigenvalue weighted by Gasteiger charge is -2.46. The first-order chi connectivity index (χ1) is 12.0. The van der Waals surface area contributed by atoms with Crippen LogP contribution in [0.3, 0.4) is 0 Å². The van der Waals surface area contributed by atoms with Crippen molar-refractivity contribution < 1.29 is 17.6 Å². The normalized spacial score (nSPS) is 25.3. The molecule has 1 saturated heterocycles. The van der Waals surface area contributed by atoms with Crippen molar-refractivity contribution in [1.29, 1.82) is 0 Å². The van der Waals surface area contributed by atoms with Crippen molar-refractivity contribution >= 4 is 29.9 Å². The molecular weight excluding hydrogens is 460 g/mol. The van der Waals surface area contributed by atoms with Crippen LogP contribution < -0.4 is 10.6 Å². The summed E-state index contributed by atoms with van der Waals surface area (Å²) in [6.45, 7) is 1.66. The lowest BCUT2D eigenvalue weighted by molar-refractivity contribution is -0.187. The average Bonchev–Trinajstić information content (AvgIpc) is 3.06. The number of alkyl halides is 3. The predicted octanol–water partition coefficient (Wildman–Crippen LogP) is 3.37. The molecule has 3 rings (SSSR count). The molecule has 0 atom stereocenters. The molecule has 2 aliphatic rings. The third kappa shape index (κ3) is 5.51. The summed E-state index contributed by atoms with van der Waals surface area (Å²) in [7, 11) is 1.72. The Labute approximate surface area is 168 Å². The molecule has 1 aliphatic heterocycles. The number of nitrogens with zero attached hydrogens (tertiary/aromatic N) is 2. The van der Waals surface area contributed by atoms with Gasteiger partial charge in [0.25, 0.3) is 0 Å². The molecule has 2 heterocycles. The van der Waals surface area contributed by atoms with Gasteiger partial charge < -0.3 is 20.0 Å². The van der Waals surface area contributed by atoms with Gasteiger partial charge in [-0.3, -0.25) is 4.99 Å². The Balaban J connectivity index is 0.00000243. The van der Waals surface area contributed by atoms with Crippen molar-refractivity contribution in [3.05, 3.63) is 24.2 Å². The topological polar surface area (TPSA) is 52.8 Å². The number of hydrogen-bond acceptors (Lipinski definition) is 3. The summed E-state index contributed by atoms with van der Waals surface area (Å²) >= 11 is 0. The molecule has 1 saturated carbocycles. The molecule has 2 N–H and O–H groups in total. The monoisotopic (exact) mass is 486 g/mol. The van der Waals surface area contributed by atoms with Gasteiger partial charge in [0.2, 0.25) is 0 Å². The molecule has 1 aromatic rings. The van der Waals surface area contributed by atoms with Crippen molar-refractivity contribution in [1.82, 2.24) is 15.5 Å². The zero-order chi connectivity index (χ0) is 17.9.